The average molecular weight is 318 g/mol. The molecule has 0 saturated carbocycles. The van der Waals surface area contributed by atoms with Gasteiger partial charge in [-0.2, -0.15) is 0 Å². The smallest absolute Gasteiger partial charge is 0.175 e. The van der Waals surface area contributed by atoms with Crippen molar-refractivity contribution in [2.75, 3.05) is 7.11 Å². The van der Waals surface area contributed by atoms with Gasteiger partial charge in [0.1, 0.15) is 5.75 Å². The largest absolute Gasteiger partial charge is 0.497 e. The van der Waals surface area contributed by atoms with Crippen molar-refractivity contribution in [3.8, 4) is 5.75 Å². The highest BCUT2D eigenvalue weighted by atomic mass is 127. The summed E-state index contributed by atoms with van der Waals surface area (Å²) in [5.74, 6) is 0.993. The van der Waals surface area contributed by atoms with Gasteiger partial charge in [-0.3, -0.25) is 4.79 Å². The number of alkyl halides is 1. The zero-order valence-electron chi connectivity index (χ0n) is 9.00. The van der Waals surface area contributed by atoms with E-state index in [1.807, 2.05) is 24.3 Å². The Balaban J connectivity index is 2.73. The van der Waals surface area contributed by atoms with Crippen LogP contribution in [0.3, 0.4) is 0 Å². The van der Waals surface area contributed by atoms with Crippen molar-refractivity contribution in [3.63, 3.8) is 0 Å². The molecule has 0 aliphatic carbocycles. The van der Waals surface area contributed by atoms with Gasteiger partial charge in [0, 0.05) is 5.56 Å². The molecule has 0 N–H and O–H groups in total. The van der Waals surface area contributed by atoms with E-state index >= 15 is 0 Å². The quantitative estimate of drug-likeness (QED) is 0.472. The normalized spacial score (nSPS) is 12.2. The standard InChI is InChI=1S/C12H15IO2/c1-3-4-11(13)12(14)9-5-7-10(15-2)8-6-9/h5-8,11H,3-4H2,1-2H3. The van der Waals surface area contributed by atoms with Crippen molar-refractivity contribution >= 4 is 28.4 Å². The molecule has 0 amide bonds. The first-order valence-electron chi connectivity index (χ1n) is 5.01. The van der Waals surface area contributed by atoms with E-state index in [4.69, 9.17) is 4.74 Å². The Bertz CT molecular complexity index is 319. The number of benzene rings is 1. The molecule has 0 saturated heterocycles. The maximum Gasteiger partial charge on any atom is 0.175 e. The molecule has 0 fully saturated rings. The van der Waals surface area contributed by atoms with Gasteiger partial charge < -0.3 is 4.74 Å². The summed E-state index contributed by atoms with van der Waals surface area (Å²) in [5.41, 5.74) is 0.767. The number of hydrogen-bond acceptors (Lipinski definition) is 2. The Morgan fingerprint density at radius 2 is 2.00 bits per heavy atom. The summed E-state index contributed by atoms with van der Waals surface area (Å²) >= 11 is 2.21. The minimum Gasteiger partial charge on any atom is -0.497 e. The summed E-state index contributed by atoms with van der Waals surface area (Å²) in [6, 6.07) is 7.29. The van der Waals surface area contributed by atoms with Crippen molar-refractivity contribution in [3.05, 3.63) is 29.8 Å². The van der Waals surface area contributed by atoms with E-state index in [0.29, 0.717) is 0 Å². The van der Waals surface area contributed by atoms with E-state index in [2.05, 4.69) is 29.5 Å². The minimum atomic E-state index is 0.0843. The van der Waals surface area contributed by atoms with Crippen LogP contribution in [0.5, 0.6) is 5.75 Å². The van der Waals surface area contributed by atoms with Crippen molar-refractivity contribution in [2.45, 2.75) is 23.7 Å². The second kappa shape index (κ2) is 6.10. The number of ether oxygens (including phenoxy) is 1. The summed E-state index contributed by atoms with van der Waals surface area (Å²) in [5, 5.41) is 0. The predicted molar refractivity (Wildman–Crippen MR) is 70.0 cm³/mol. The molecule has 0 aliphatic heterocycles. The summed E-state index contributed by atoms with van der Waals surface area (Å²) in [6.45, 7) is 2.09. The fraction of sp³-hybridized carbons (Fsp3) is 0.417. The SMILES string of the molecule is CCCC(I)C(=O)c1ccc(OC)cc1. The Morgan fingerprint density at radius 3 is 2.47 bits per heavy atom. The lowest BCUT2D eigenvalue weighted by Crippen LogP contribution is -2.13. The molecule has 1 aromatic carbocycles. The van der Waals surface area contributed by atoms with Gasteiger partial charge in [0.15, 0.2) is 5.78 Å². The zero-order chi connectivity index (χ0) is 11.3. The molecular weight excluding hydrogens is 303 g/mol. The zero-order valence-corrected chi connectivity index (χ0v) is 11.2. The Morgan fingerprint density at radius 1 is 1.40 bits per heavy atom. The van der Waals surface area contributed by atoms with E-state index in [9.17, 15) is 4.79 Å². The summed E-state index contributed by atoms with van der Waals surface area (Å²) < 4.78 is 5.13. The van der Waals surface area contributed by atoms with Crippen LogP contribution < -0.4 is 4.74 Å². The molecule has 1 aromatic rings. The minimum absolute atomic E-state index is 0.0843. The van der Waals surface area contributed by atoms with Gasteiger partial charge in [-0.15, -0.1) is 0 Å². The third kappa shape index (κ3) is 3.48. The molecule has 3 heteroatoms. The number of carbonyl (C=O) groups excluding carboxylic acids is 1. The Hall–Kier alpha value is -0.580. The number of rotatable bonds is 5. The van der Waals surface area contributed by atoms with Gasteiger partial charge in [-0.05, 0) is 30.7 Å². The van der Waals surface area contributed by atoms with Gasteiger partial charge in [-0.1, -0.05) is 35.9 Å². The molecule has 1 unspecified atom stereocenters. The first-order chi connectivity index (χ1) is 7.19. The fourth-order valence-electron chi connectivity index (χ4n) is 1.32. The fourth-order valence-corrected chi connectivity index (χ4v) is 2.30. The summed E-state index contributed by atoms with van der Waals surface area (Å²) in [6.07, 6.45) is 1.97. The predicted octanol–water partition coefficient (Wildman–Crippen LogP) is 3.48. The third-order valence-corrected chi connectivity index (χ3v) is 3.39. The van der Waals surface area contributed by atoms with Crippen LogP contribution in [-0.2, 0) is 0 Å². The van der Waals surface area contributed by atoms with Crippen LogP contribution in [0, 0.1) is 0 Å². The highest BCUT2D eigenvalue weighted by molar-refractivity contribution is 14.1. The lowest BCUT2D eigenvalue weighted by molar-refractivity contribution is 0.0991. The van der Waals surface area contributed by atoms with Gasteiger partial charge in [0.05, 0.1) is 11.0 Å². The van der Waals surface area contributed by atoms with E-state index in [1.54, 1.807) is 7.11 Å². The molecule has 2 nitrogen and oxygen atoms in total. The molecule has 82 valence electrons. The molecule has 1 atom stereocenters. The topological polar surface area (TPSA) is 26.3 Å². The number of methoxy groups -OCH3 is 1. The number of carbonyl (C=O) groups is 1. The average Bonchev–Trinajstić information content (AvgIpc) is 2.28. The van der Waals surface area contributed by atoms with Crippen molar-refractivity contribution < 1.29 is 9.53 Å². The van der Waals surface area contributed by atoms with Crippen molar-refractivity contribution in [1.29, 1.82) is 0 Å². The number of Topliss-reactive ketones (excluding diaryl/α,β-unsaturated/α-hetero) is 1. The Kier molecular flexibility index (Phi) is 5.08. The first-order valence-corrected chi connectivity index (χ1v) is 6.26. The van der Waals surface area contributed by atoms with E-state index < -0.39 is 0 Å². The highest BCUT2D eigenvalue weighted by Crippen LogP contribution is 2.18. The molecule has 1 rings (SSSR count). The number of halogens is 1. The lowest BCUT2D eigenvalue weighted by atomic mass is 10.1. The highest BCUT2D eigenvalue weighted by Gasteiger charge is 2.15. The molecule has 0 aromatic heterocycles. The monoisotopic (exact) mass is 318 g/mol. The van der Waals surface area contributed by atoms with Crippen LogP contribution in [0.1, 0.15) is 30.1 Å². The summed E-state index contributed by atoms with van der Waals surface area (Å²) in [7, 11) is 1.62. The van der Waals surface area contributed by atoms with Crippen molar-refractivity contribution in [2.24, 2.45) is 0 Å². The lowest BCUT2D eigenvalue weighted by Gasteiger charge is -2.07. The molecule has 0 spiro atoms. The second-order valence-corrected chi connectivity index (χ2v) is 4.85. The third-order valence-electron chi connectivity index (χ3n) is 2.20. The molecule has 15 heavy (non-hydrogen) atoms. The number of ketones is 1. The molecule has 0 bridgehead atoms. The molecule has 0 aliphatic rings. The van der Waals surface area contributed by atoms with Crippen LogP contribution in [0.15, 0.2) is 24.3 Å². The van der Waals surface area contributed by atoms with Crippen LogP contribution >= 0.6 is 22.6 Å². The summed E-state index contributed by atoms with van der Waals surface area (Å²) in [4.78, 5) is 11.9. The van der Waals surface area contributed by atoms with Crippen molar-refractivity contribution in [1.82, 2.24) is 0 Å². The van der Waals surface area contributed by atoms with E-state index in [1.165, 1.54) is 0 Å². The van der Waals surface area contributed by atoms with Gasteiger partial charge >= 0.3 is 0 Å². The van der Waals surface area contributed by atoms with Crippen LogP contribution in [0.2, 0.25) is 0 Å². The second-order valence-electron chi connectivity index (χ2n) is 3.35. The first kappa shape index (κ1) is 12.5. The maximum absolute atomic E-state index is 11.9. The van der Waals surface area contributed by atoms with Crippen LogP contribution in [-0.4, -0.2) is 16.8 Å². The molecular formula is C12H15IO2. The molecule has 0 heterocycles. The van der Waals surface area contributed by atoms with Crippen LogP contribution in [0.4, 0.5) is 0 Å². The van der Waals surface area contributed by atoms with Gasteiger partial charge in [0.2, 0.25) is 0 Å². The molecule has 0 radical (unpaired) electrons. The van der Waals surface area contributed by atoms with E-state index in [0.717, 1.165) is 24.2 Å². The Labute approximate surface area is 104 Å². The van der Waals surface area contributed by atoms with Gasteiger partial charge in [-0.25, -0.2) is 0 Å². The maximum atomic E-state index is 11.9. The van der Waals surface area contributed by atoms with E-state index in [-0.39, 0.29) is 9.71 Å². The van der Waals surface area contributed by atoms with Crippen LogP contribution in [0.25, 0.3) is 0 Å². The number of hydrogen-bond donors (Lipinski definition) is 0. The van der Waals surface area contributed by atoms with Gasteiger partial charge in [0.25, 0.3) is 0 Å².